The molecule has 0 saturated carbocycles. The zero-order valence-corrected chi connectivity index (χ0v) is 13.3. The zero-order chi connectivity index (χ0) is 15.1. The minimum Gasteiger partial charge on any atom is -0.452 e. The lowest BCUT2D eigenvalue weighted by atomic mass is 10.2. The van der Waals surface area contributed by atoms with Crippen molar-refractivity contribution in [1.29, 1.82) is 0 Å². The molecule has 0 aromatic heterocycles. The van der Waals surface area contributed by atoms with E-state index in [-0.39, 0.29) is 6.04 Å². The van der Waals surface area contributed by atoms with Gasteiger partial charge in [-0.25, -0.2) is 9.59 Å². The van der Waals surface area contributed by atoms with E-state index in [9.17, 15) is 14.4 Å². The van der Waals surface area contributed by atoms with E-state index in [0.29, 0.717) is 5.56 Å². The largest absolute Gasteiger partial charge is 0.452 e. The zero-order valence-electron chi connectivity index (χ0n) is 11.1. The van der Waals surface area contributed by atoms with Gasteiger partial charge in [0, 0.05) is 9.61 Å². The number of ether oxygens (including phenoxy) is 1. The molecule has 1 rings (SSSR count). The Kier molecular flexibility index (Phi) is 6.43. The number of imide groups is 1. The van der Waals surface area contributed by atoms with Gasteiger partial charge in [0.2, 0.25) is 0 Å². The van der Waals surface area contributed by atoms with E-state index in [1.807, 2.05) is 22.6 Å². The van der Waals surface area contributed by atoms with Crippen LogP contribution in [0.1, 0.15) is 24.2 Å². The highest BCUT2D eigenvalue weighted by atomic mass is 127. The molecule has 0 bridgehead atoms. The molecule has 0 heterocycles. The van der Waals surface area contributed by atoms with Gasteiger partial charge in [-0.05, 0) is 48.6 Å². The van der Waals surface area contributed by atoms with Crippen LogP contribution in [0.15, 0.2) is 24.3 Å². The number of amides is 3. The summed E-state index contributed by atoms with van der Waals surface area (Å²) in [6.07, 6.45) is 0. The highest BCUT2D eigenvalue weighted by Crippen LogP contribution is 2.12. The summed E-state index contributed by atoms with van der Waals surface area (Å²) < 4.78 is 5.57. The van der Waals surface area contributed by atoms with Gasteiger partial charge in [-0.2, -0.15) is 0 Å². The third-order valence-electron chi connectivity index (χ3n) is 2.10. The van der Waals surface area contributed by atoms with E-state index in [1.54, 1.807) is 38.1 Å². The van der Waals surface area contributed by atoms with Gasteiger partial charge in [0.1, 0.15) is 0 Å². The normalized spacial score (nSPS) is 10.0. The van der Waals surface area contributed by atoms with Crippen LogP contribution in [0.2, 0.25) is 0 Å². The molecule has 0 aliphatic rings. The third kappa shape index (κ3) is 5.55. The van der Waals surface area contributed by atoms with E-state index in [4.69, 9.17) is 4.74 Å². The molecule has 6 nitrogen and oxygen atoms in total. The van der Waals surface area contributed by atoms with Crippen LogP contribution in [0.5, 0.6) is 0 Å². The number of esters is 1. The standard InChI is InChI=1S/C13H15IN2O4/c1-8(2)15-13(19)16-11(17)7-20-12(18)9-5-3-4-6-10(9)14/h3-6,8H,7H2,1-2H3,(H2,15,16,17,19). The van der Waals surface area contributed by atoms with Crippen LogP contribution in [0.4, 0.5) is 4.79 Å². The molecule has 1 aromatic carbocycles. The van der Waals surface area contributed by atoms with Crippen molar-refractivity contribution in [3.63, 3.8) is 0 Å². The predicted molar refractivity (Wildman–Crippen MR) is 81.3 cm³/mol. The number of hydrogen-bond acceptors (Lipinski definition) is 4. The van der Waals surface area contributed by atoms with Gasteiger partial charge in [-0.1, -0.05) is 12.1 Å². The Morgan fingerprint density at radius 3 is 2.50 bits per heavy atom. The van der Waals surface area contributed by atoms with Gasteiger partial charge < -0.3 is 10.1 Å². The summed E-state index contributed by atoms with van der Waals surface area (Å²) in [5.41, 5.74) is 0.382. The number of halogens is 1. The summed E-state index contributed by atoms with van der Waals surface area (Å²) in [6, 6.07) is 6.16. The van der Waals surface area contributed by atoms with Crippen LogP contribution >= 0.6 is 22.6 Å². The number of carbonyl (C=O) groups is 3. The predicted octanol–water partition coefficient (Wildman–Crippen LogP) is 1.68. The Balaban J connectivity index is 2.44. The lowest BCUT2D eigenvalue weighted by Gasteiger charge is -2.09. The summed E-state index contributed by atoms with van der Waals surface area (Å²) in [6.45, 7) is 3.03. The fraction of sp³-hybridized carbons (Fsp3) is 0.308. The maximum absolute atomic E-state index is 11.7. The van der Waals surface area contributed by atoms with Crippen LogP contribution in [-0.4, -0.2) is 30.6 Å². The molecule has 0 spiro atoms. The Morgan fingerprint density at radius 2 is 1.90 bits per heavy atom. The SMILES string of the molecule is CC(C)NC(=O)NC(=O)COC(=O)c1ccccc1I. The van der Waals surface area contributed by atoms with Crippen LogP contribution in [0, 0.1) is 3.57 Å². The van der Waals surface area contributed by atoms with Gasteiger partial charge in [0.25, 0.3) is 5.91 Å². The Morgan fingerprint density at radius 1 is 1.25 bits per heavy atom. The number of benzene rings is 1. The number of urea groups is 1. The molecule has 2 N–H and O–H groups in total. The molecule has 1 aromatic rings. The first-order valence-corrected chi connectivity index (χ1v) is 7.00. The molecule has 0 atom stereocenters. The van der Waals surface area contributed by atoms with Crippen LogP contribution in [0.3, 0.4) is 0 Å². The van der Waals surface area contributed by atoms with Crippen molar-refractivity contribution < 1.29 is 19.1 Å². The second kappa shape index (κ2) is 7.83. The number of rotatable bonds is 4. The maximum atomic E-state index is 11.7. The molecule has 20 heavy (non-hydrogen) atoms. The molecular formula is C13H15IN2O4. The van der Waals surface area contributed by atoms with Crippen molar-refractivity contribution in [2.45, 2.75) is 19.9 Å². The quantitative estimate of drug-likeness (QED) is 0.606. The lowest BCUT2D eigenvalue weighted by Crippen LogP contribution is -2.44. The molecule has 0 radical (unpaired) electrons. The average molecular weight is 390 g/mol. The van der Waals surface area contributed by atoms with E-state index in [0.717, 1.165) is 3.57 Å². The van der Waals surface area contributed by atoms with E-state index in [2.05, 4.69) is 10.6 Å². The highest BCUT2D eigenvalue weighted by molar-refractivity contribution is 14.1. The fourth-order valence-corrected chi connectivity index (χ4v) is 1.90. The summed E-state index contributed by atoms with van der Waals surface area (Å²) >= 11 is 2.00. The van der Waals surface area contributed by atoms with Gasteiger partial charge in [0.05, 0.1) is 5.56 Å². The van der Waals surface area contributed by atoms with Gasteiger partial charge >= 0.3 is 12.0 Å². The Labute approximate surface area is 130 Å². The first kappa shape index (κ1) is 16.4. The molecule has 3 amide bonds. The summed E-state index contributed by atoms with van der Waals surface area (Å²) in [5.74, 6) is -1.28. The first-order chi connectivity index (χ1) is 9.40. The molecule has 0 unspecified atom stereocenters. The maximum Gasteiger partial charge on any atom is 0.339 e. The van der Waals surface area contributed by atoms with Gasteiger partial charge in [-0.15, -0.1) is 0 Å². The summed E-state index contributed by atoms with van der Waals surface area (Å²) in [4.78, 5) is 34.4. The van der Waals surface area contributed by atoms with E-state index >= 15 is 0 Å². The molecule has 0 fully saturated rings. The average Bonchev–Trinajstić information content (AvgIpc) is 2.35. The topological polar surface area (TPSA) is 84.5 Å². The molecule has 7 heteroatoms. The lowest BCUT2D eigenvalue weighted by molar-refractivity contribution is -0.123. The van der Waals surface area contributed by atoms with Gasteiger partial charge in [-0.3, -0.25) is 10.1 Å². The van der Waals surface area contributed by atoms with Crippen molar-refractivity contribution in [3.8, 4) is 0 Å². The van der Waals surface area contributed by atoms with Gasteiger partial charge in [0.15, 0.2) is 6.61 Å². The highest BCUT2D eigenvalue weighted by Gasteiger charge is 2.14. The summed E-state index contributed by atoms with van der Waals surface area (Å²) in [5, 5.41) is 4.55. The number of nitrogens with one attached hydrogen (secondary N) is 2. The van der Waals surface area contributed by atoms with Crippen molar-refractivity contribution in [2.24, 2.45) is 0 Å². The summed E-state index contributed by atoms with van der Waals surface area (Å²) in [7, 11) is 0. The molecule has 0 saturated heterocycles. The van der Waals surface area contributed by atoms with Crippen molar-refractivity contribution in [2.75, 3.05) is 6.61 Å². The molecule has 0 aliphatic heterocycles. The molecular weight excluding hydrogens is 375 g/mol. The minimum atomic E-state index is -0.678. The van der Waals surface area contributed by atoms with Crippen molar-refractivity contribution >= 4 is 40.5 Å². The van der Waals surface area contributed by atoms with Crippen LogP contribution in [-0.2, 0) is 9.53 Å². The number of carbonyl (C=O) groups excluding carboxylic acids is 3. The Hall–Kier alpha value is -1.64. The van der Waals surface area contributed by atoms with E-state index in [1.165, 1.54) is 0 Å². The minimum absolute atomic E-state index is 0.0868. The second-order valence-electron chi connectivity index (χ2n) is 4.23. The molecule has 0 aliphatic carbocycles. The van der Waals surface area contributed by atoms with Crippen LogP contribution in [0.25, 0.3) is 0 Å². The number of hydrogen-bond donors (Lipinski definition) is 2. The smallest absolute Gasteiger partial charge is 0.339 e. The van der Waals surface area contributed by atoms with Crippen molar-refractivity contribution in [3.05, 3.63) is 33.4 Å². The third-order valence-corrected chi connectivity index (χ3v) is 3.04. The fourth-order valence-electron chi connectivity index (χ4n) is 1.30. The monoisotopic (exact) mass is 390 g/mol. The Bertz CT molecular complexity index is 517. The second-order valence-corrected chi connectivity index (χ2v) is 5.39. The van der Waals surface area contributed by atoms with Crippen LogP contribution < -0.4 is 10.6 Å². The van der Waals surface area contributed by atoms with Crippen molar-refractivity contribution in [1.82, 2.24) is 10.6 Å². The first-order valence-electron chi connectivity index (χ1n) is 5.92. The van der Waals surface area contributed by atoms with E-state index < -0.39 is 24.5 Å². The molecule has 108 valence electrons.